The molecule has 1 unspecified atom stereocenters. The highest BCUT2D eigenvalue weighted by Gasteiger charge is 2.26. The number of halogens is 1. The highest BCUT2D eigenvalue weighted by molar-refractivity contribution is 7.89. The summed E-state index contributed by atoms with van der Waals surface area (Å²) in [5, 5.41) is 0.553. The Kier molecular flexibility index (Phi) is 6.41. The number of methoxy groups -OCH3 is 2. The maximum absolute atomic E-state index is 12.5. The number of hydrogen-bond acceptors (Lipinski definition) is 5. The van der Waals surface area contributed by atoms with Crippen molar-refractivity contribution in [1.82, 2.24) is 4.72 Å². The van der Waals surface area contributed by atoms with Crippen molar-refractivity contribution in [3.05, 3.63) is 59.1 Å². The fraction of sp³-hybridized carbons (Fsp3) is 0.235. The summed E-state index contributed by atoms with van der Waals surface area (Å²) in [6.45, 7) is 0. The summed E-state index contributed by atoms with van der Waals surface area (Å²) in [5.41, 5.74) is 0.747. The third kappa shape index (κ3) is 5.19. The standard InChI is InChI=1S/C17H18ClNO5S/c1-23-14-7-9-15(10-8-14)25(21,22)19-16(17(20)24-2)11-12-3-5-13(18)6-4-12/h3-10,16,19H,11H2,1-2H3. The summed E-state index contributed by atoms with van der Waals surface area (Å²) in [6.07, 6.45) is 0.138. The zero-order valence-electron chi connectivity index (χ0n) is 13.7. The molecule has 2 rings (SSSR count). The van der Waals surface area contributed by atoms with E-state index in [0.717, 1.165) is 5.56 Å². The summed E-state index contributed by atoms with van der Waals surface area (Å²) in [6, 6.07) is 11.6. The molecule has 0 saturated heterocycles. The normalized spacial score (nSPS) is 12.4. The van der Waals surface area contributed by atoms with Gasteiger partial charge < -0.3 is 9.47 Å². The largest absolute Gasteiger partial charge is 0.497 e. The maximum atomic E-state index is 12.5. The third-order valence-electron chi connectivity index (χ3n) is 3.51. The second-order valence-electron chi connectivity index (χ2n) is 5.20. The van der Waals surface area contributed by atoms with E-state index in [-0.39, 0.29) is 11.3 Å². The lowest BCUT2D eigenvalue weighted by Gasteiger charge is -2.17. The molecule has 0 aromatic heterocycles. The smallest absolute Gasteiger partial charge is 0.324 e. The van der Waals surface area contributed by atoms with E-state index >= 15 is 0 Å². The van der Waals surface area contributed by atoms with Crippen LogP contribution < -0.4 is 9.46 Å². The summed E-state index contributed by atoms with van der Waals surface area (Å²) in [7, 11) is -1.21. The molecule has 25 heavy (non-hydrogen) atoms. The van der Waals surface area contributed by atoms with Crippen LogP contribution in [0.4, 0.5) is 0 Å². The van der Waals surface area contributed by atoms with Gasteiger partial charge in [0.15, 0.2) is 0 Å². The number of carbonyl (C=O) groups excluding carboxylic acids is 1. The van der Waals surface area contributed by atoms with Crippen molar-refractivity contribution in [3.8, 4) is 5.75 Å². The minimum absolute atomic E-state index is 0.0262. The molecule has 1 N–H and O–H groups in total. The van der Waals surface area contributed by atoms with Crippen molar-refractivity contribution in [3.63, 3.8) is 0 Å². The average molecular weight is 384 g/mol. The fourth-order valence-electron chi connectivity index (χ4n) is 2.18. The van der Waals surface area contributed by atoms with Crippen LogP contribution in [0.2, 0.25) is 5.02 Å². The average Bonchev–Trinajstić information content (AvgIpc) is 2.62. The molecule has 0 saturated carbocycles. The van der Waals surface area contributed by atoms with Gasteiger partial charge in [0.25, 0.3) is 0 Å². The van der Waals surface area contributed by atoms with Crippen LogP contribution >= 0.6 is 11.6 Å². The second kappa shape index (κ2) is 8.33. The number of nitrogens with one attached hydrogen (secondary N) is 1. The monoisotopic (exact) mass is 383 g/mol. The van der Waals surface area contributed by atoms with Gasteiger partial charge in [-0.2, -0.15) is 4.72 Å². The van der Waals surface area contributed by atoms with E-state index in [0.29, 0.717) is 10.8 Å². The third-order valence-corrected chi connectivity index (χ3v) is 5.25. The van der Waals surface area contributed by atoms with Crippen LogP contribution in [0, 0.1) is 0 Å². The van der Waals surface area contributed by atoms with E-state index in [1.54, 1.807) is 24.3 Å². The van der Waals surface area contributed by atoms with Gasteiger partial charge in [-0.15, -0.1) is 0 Å². The molecular weight excluding hydrogens is 366 g/mol. The van der Waals surface area contributed by atoms with Gasteiger partial charge in [0.2, 0.25) is 10.0 Å². The van der Waals surface area contributed by atoms with E-state index in [1.807, 2.05) is 0 Å². The van der Waals surface area contributed by atoms with Crippen LogP contribution in [-0.2, 0) is 26.0 Å². The topological polar surface area (TPSA) is 81.7 Å². The van der Waals surface area contributed by atoms with Gasteiger partial charge in [0.1, 0.15) is 11.8 Å². The van der Waals surface area contributed by atoms with Crippen molar-refractivity contribution >= 4 is 27.6 Å². The van der Waals surface area contributed by atoms with Gasteiger partial charge in [0, 0.05) is 5.02 Å². The zero-order chi connectivity index (χ0) is 18.4. The summed E-state index contributed by atoms with van der Waals surface area (Å²) in [4.78, 5) is 12.0. The quantitative estimate of drug-likeness (QED) is 0.742. The highest BCUT2D eigenvalue weighted by Crippen LogP contribution is 2.17. The number of sulfonamides is 1. The number of ether oxygens (including phenoxy) is 2. The number of carbonyl (C=O) groups is 1. The Hall–Kier alpha value is -2.09. The Labute approximate surface area is 151 Å². The number of hydrogen-bond donors (Lipinski definition) is 1. The SMILES string of the molecule is COC(=O)C(Cc1ccc(Cl)cc1)NS(=O)(=O)c1ccc(OC)cc1. The molecule has 134 valence electrons. The maximum Gasteiger partial charge on any atom is 0.324 e. The molecule has 8 heteroatoms. The molecule has 0 aliphatic carbocycles. The first kappa shape index (κ1) is 19.2. The molecule has 0 aliphatic rings. The van der Waals surface area contributed by atoms with Crippen molar-refractivity contribution in [2.24, 2.45) is 0 Å². The Bertz CT molecular complexity index is 819. The van der Waals surface area contributed by atoms with Crippen LogP contribution in [0.3, 0.4) is 0 Å². The molecule has 0 heterocycles. The van der Waals surface area contributed by atoms with Crippen LogP contribution in [0.1, 0.15) is 5.56 Å². The summed E-state index contributed by atoms with van der Waals surface area (Å²) < 4.78 is 37.2. The molecule has 2 aromatic carbocycles. The van der Waals surface area contributed by atoms with Gasteiger partial charge in [-0.25, -0.2) is 8.42 Å². The Morgan fingerprint density at radius 3 is 2.20 bits per heavy atom. The van der Waals surface area contributed by atoms with Crippen LogP contribution in [0.25, 0.3) is 0 Å². The lowest BCUT2D eigenvalue weighted by Crippen LogP contribution is -2.42. The van der Waals surface area contributed by atoms with Gasteiger partial charge in [-0.1, -0.05) is 23.7 Å². The van der Waals surface area contributed by atoms with E-state index in [1.165, 1.54) is 38.5 Å². The van der Waals surface area contributed by atoms with Crippen molar-refractivity contribution < 1.29 is 22.7 Å². The first-order valence-corrected chi connectivity index (χ1v) is 9.20. The lowest BCUT2D eigenvalue weighted by atomic mass is 10.1. The molecule has 0 spiro atoms. The number of esters is 1. The number of rotatable bonds is 7. The van der Waals surface area contributed by atoms with E-state index in [9.17, 15) is 13.2 Å². The summed E-state index contributed by atoms with van der Waals surface area (Å²) in [5.74, 6) is -0.142. The molecule has 0 aliphatic heterocycles. The molecule has 0 bridgehead atoms. The second-order valence-corrected chi connectivity index (χ2v) is 7.35. The molecule has 6 nitrogen and oxygen atoms in total. The molecule has 0 fully saturated rings. The molecule has 0 radical (unpaired) electrons. The minimum Gasteiger partial charge on any atom is -0.497 e. The van der Waals surface area contributed by atoms with Gasteiger partial charge in [-0.05, 0) is 48.4 Å². The zero-order valence-corrected chi connectivity index (χ0v) is 15.3. The Morgan fingerprint density at radius 1 is 1.08 bits per heavy atom. The van der Waals surface area contributed by atoms with E-state index in [2.05, 4.69) is 4.72 Å². The summed E-state index contributed by atoms with van der Waals surface area (Å²) >= 11 is 5.84. The molecular formula is C17H18ClNO5S. The number of benzene rings is 2. The fourth-order valence-corrected chi connectivity index (χ4v) is 3.49. The van der Waals surface area contributed by atoms with Gasteiger partial charge in [-0.3, -0.25) is 4.79 Å². The predicted molar refractivity (Wildman–Crippen MR) is 94.3 cm³/mol. The van der Waals surface area contributed by atoms with E-state index < -0.39 is 22.0 Å². The van der Waals surface area contributed by atoms with Gasteiger partial charge in [0.05, 0.1) is 19.1 Å². The van der Waals surface area contributed by atoms with Crippen LogP contribution in [0.15, 0.2) is 53.4 Å². The molecule has 1 atom stereocenters. The highest BCUT2D eigenvalue weighted by atomic mass is 35.5. The predicted octanol–water partition coefficient (Wildman–Crippen LogP) is 2.41. The molecule has 2 aromatic rings. The van der Waals surface area contributed by atoms with Crippen LogP contribution in [-0.4, -0.2) is 34.6 Å². The lowest BCUT2D eigenvalue weighted by molar-refractivity contribution is -0.142. The molecule has 0 amide bonds. The first-order chi connectivity index (χ1) is 11.9. The minimum atomic E-state index is -3.90. The first-order valence-electron chi connectivity index (χ1n) is 7.34. The Morgan fingerprint density at radius 2 is 1.68 bits per heavy atom. The van der Waals surface area contributed by atoms with E-state index in [4.69, 9.17) is 21.1 Å². The van der Waals surface area contributed by atoms with Gasteiger partial charge >= 0.3 is 5.97 Å². The van der Waals surface area contributed by atoms with Crippen LogP contribution in [0.5, 0.6) is 5.75 Å². The van der Waals surface area contributed by atoms with Crippen molar-refractivity contribution in [2.75, 3.05) is 14.2 Å². The van der Waals surface area contributed by atoms with Crippen molar-refractivity contribution in [1.29, 1.82) is 0 Å². The Balaban J connectivity index is 2.22. The van der Waals surface area contributed by atoms with Crippen molar-refractivity contribution in [2.45, 2.75) is 17.4 Å².